The first-order chi connectivity index (χ1) is 22.6. The van der Waals surface area contributed by atoms with Crippen LogP contribution in [0.5, 0.6) is 5.75 Å². The number of nitrogens with zero attached hydrogens (tertiary/aromatic N) is 3. The monoisotopic (exact) mass is 661 g/mol. The van der Waals surface area contributed by atoms with Crippen LogP contribution in [0.2, 0.25) is 0 Å². The van der Waals surface area contributed by atoms with Crippen LogP contribution in [0.25, 0.3) is 10.9 Å². The zero-order chi connectivity index (χ0) is 33.2. The lowest BCUT2D eigenvalue weighted by Gasteiger charge is -2.37. The molecule has 242 valence electrons. The zero-order valence-electron chi connectivity index (χ0n) is 25.0. The van der Waals surface area contributed by atoms with E-state index in [1.165, 1.54) is 36.0 Å². The predicted molar refractivity (Wildman–Crippen MR) is 168 cm³/mol. The van der Waals surface area contributed by atoms with Crippen LogP contribution in [0.3, 0.4) is 0 Å². The topological polar surface area (TPSA) is 145 Å². The van der Waals surface area contributed by atoms with E-state index in [2.05, 4.69) is 9.78 Å². The number of rotatable bonds is 8. The highest BCUT2D eigenvalue weighted by molar-refractivity contribution is 8.00. The molecule has 1 fully saturated rings. The van der Waals surface area contributed by atoms with Crippen LogP contribution >= 0.6 is 11.8 Å². The standard InChI is InChI=1S/C33H28FN3O9S/c1-19-37-24-18-25(23(34)17-22(24)29(39)28(31(40)41)30(37)47-19)36-15-13-35(14-16-36)12-11-27(38)44-26-10-6-5-9-21(26)33(43)46-45-32(42)20-7-3-2-4-8-20/h2-10,17-19H,11-16H2,1H3,(H,40,41). The summed E-state index contributed by atoms with van der Waals surface area (Å²) in [5.74, 6) is -4.46. The van der Waals surface area contributed by atoms with Gasteiger partial charge in [0.15, 0.2) is 0 Å². The number of hydrogen-bond acceptors (Lipinski definition) is 11. The predicted octanol–water partition coefficient (Wildman–Crippen LogP) is 4.51. The number of fused-ring (bicyclic) bond motifs is 3. The largest absolute Gasteiger partial charge is 0.477 e. The molecule has 0 saturated carbocycles. The van der Waals surface area contributed by atoms with Gasteiger partial charge in [-0.15, -0.1) is 0 Å². The fourth-order valence-electron chi connectivity index (χ4n) is 5.57. The second kappa shape index (κ2) is 13.3. The molecular weight excluding hydrogens is 633 g/mol. The van der Waals surface area contributed by atoms with Crippen molar-refractivity contribution < 1.29 is 43.2 Å². The Balaban J connectivity index is 1.04. The molecule has 1 N–H and O–H groups in total. The number of carbonyl (C=O) groups is 4. The average molecular weight is 662 g/mol. The molecular formula is C33H28FN3O9S. The lowest BCUT2D eigenvalue weighted by atomic mass is 10.1. The molecule has 0 aliphatic carbocycles. The van der Waals surface area contributed by atoms with Gasteiger partial charge in [0.2, 0.25) is 5.43 Å². The van der Waals surface area contributed by atoms with E-state index in [4.69, 9.17) is 4.74 Å². The number of pyridine rings is 1. The van der Waals surface area contributed by atoms with E-state index in [0.29, 0.717) is 49.0 Å². The van der Waals surface area contributed by atoms with Crippen molar-refractivity contribution in [1.82, 2.24) is 9.47 Å². The Kier molecular flexibility index (Phi) is 8.96. The summed E-state index contributed by atoms with van der Waals surface area (Å²) in [6.45, 7) is 4.16. The summed E-state index contributed by atoms with van der Waals surface area (Å²) in [6.07, 6.45) is 0.00717. The highest BCUT2D eigenvalue weighted by atomic mass is 32.2. The van der Waals surface area contributed by atoms with Gasteiger partial charge in [-0.2, -0.15) is 0 Å². The number of thioether (sulfide) groups is 1. The summed E-state index contributed by atoms with van der Waals surface area (Å²) < 4.78 is 22.5. The minimum Gasteiger partial charge on any atom is -0.477 e. The van der Waals surface area contributed by atoms with E-state index in [9.17, 15) is 29.1 Å². The summed E-state index contributed by atoms with van der Waals surface area (Å²) in [5, 5.41) is 9.85. The Morgan fingerprint density at radius 1 is 0.936 bits per heavy atom. The summed E-state index contributed by atoms with van der Waals surface area (Å²) in [5.41, 5.74) is -0.147. The van der Waals surface area contributed by atoms with Crippen LogP contribution in [0, 0.1) is 5.82 Å². The van der Waals surface area contributed by atoms with Crippen molar-refractivity contribution in [3.63, 3.8) is 0 Å². The van der Waals surface area contributed by atoms with Gasteiger partial charge < -0.3 is 19.3 Å². The minimum absolute atomic E-state index is 0.00717. The molecule has 3 heterocycles. The third-order valence-electron chi connectivity index (χ3n) is 7.97. The number of hydrogen-bond donors (Lipinski definition) is 1. The smallest absolute Gasteiger partial charge is 0.390 e. The Morgan fingerprint density at radius 3 is 2.32 bits per heavy atom. The third-order valence-corrected chi connectivity index (χ3v) is 9.14. The van der Waals surface area contributed by atoms with E-state index in [1.807, 2.05) is 16.7 Å². The quantitative estimate of drug-likeness (QED) is 0.123. The van der Waals surface area contributed by atoms with Gasteiger partial charge in [-0.3, -0.25) is 14.5 Å². The number of ether oxygens (including phenoxy) is 1. The van der Waals surface area contributed by atoms with Crippen LogP contribution in [0.4, 0.5) is 10.1 Å². The van der Waals surface area contributed by atoms with Gasteiger partial charge >= 0.3 is 23.9 Å². The van der Waals surface area contributed by atoms with E-state index in [1.54, 1.807) is 41.0 Å². The van der Waals surface area contributed by atoms with Gasteiger partial charge in [-0.25, -0.2) is 28.5 Å². The highest BCUT2D eigenvalue weighted by Crippen LogP contribution is 2.46. The number of aromatic nitrogens is 1. The van der Waals surface area contributed by atoms with E-state index >= 15 is 4.39 Å². The number of carbonyl (C=O) groups excluding carboxylic acids is 3. The second-order valence-corrected chi connectivity index (χ2v) is 12.2. The van der Waals surface area contributed by atoms with Crippen LogP contribution in [0.1, 0.15) is 49.8 Å². The summed E-state index contributed by atoms with van der Waals surface area (Å²) >= 11 is 1.29. The molecule has 0 bridgehead atoms. The Bertz CT molecular complexity index is 1960. The lowest BCUT2D eigenvalue weighted by Crippen LogP contribution is -2.47. The van der Waals surface area contributed by atoms with Crippen molar-refractivity contribution in [2.24, 2.45) is 0 Å². The van der Waals surface area contributed by atoms with Gasteiger partial charge in [0, 0.05) is 38.1 Å². The lowest BCUT2D eigenvalue weighted by molar-refractivity contribution is -0.187. The SMILES string of the molecule is CC1Sc2c(C(=O)O)c(=O)c3cc(F)c(N4CCN(CCC(=O)Oc5ccccc5C(=O)OOC(=O)c5ccccc5)CC4)cc3n21. The Labute approximate surface area is 271 Å². The van der Waals surface area contributed by atoms with Gasteiger partial charge in [0.1, 0.15) is 22.7 Å². The molecule has 47 heavy (non-hydrogen) atoms. The number of piperazine rings is 1. The number of carboxylic acids is 1. The first-order valence-electron chi connectivity index (χ1n) is 14.7. The van der Waals surface area contributed by atoms with E-state index in [-0.39, 0.29) is 39.6 Å². The number of benzene rings is 3. The molecule has 0 amide bonds. The molecule has 1 unspecified atom stereocenters. The van der Waals surface area contributed by atoms with Crippen molar-refractivity contribution >= 4 is 52.2 Å². The normalized spacial score (nSPS) is 15.8. The molecule has 1 saturated heterocycles. The number of anilines is 1. The first kappa shape index (κ1) is 31.8. The summed E-state index contributed by atoms with van der Waals surface area (Å²) in [6, 6.07) is 16.6. The van der Waals surface area contributed by atoms with Crippen molar-refractivity contribution in [1.29, 1.82) is 0 Å². The van der Waals surface area contributed by atoms with Crippen LogP contribution < -0.4 is 15.1 Å². The maximum atomic E-state index is 15.3. The van der Waals surface area contributed by atoms with E-state index in [0.717, 1.165) is 6.07 Å². The van der Waals surface area contributed by atoms with Crippen molar-refractivity contribution in [3.05, 3.63) is 99.5 Å². The molecule has 6 rings (SSSR count). The fourth-order valence-corrected chi connectivity index (χ4v) is 6.72. The van der Waals surface area contributed by atoms with Crippen molar-refractivity contribution in [2.45, 2.75) is 23.7 Å². The maximum absolute atomic E-state index is 15.3. The number of esters is 1. The van der Waals surface area contributed by atoms with Crippen LogP contribution in [0.15, 0.2) is 76.6 Å². The molecule has 12 nitrogen and oxygen atoms in total. The summed E-state index contributed by atoms with van der Waals surface area (Å²) in [7, 11) is 0. The first-order valence-corrected chi connectivity index (χ1v) is 15.6. The highest BCUT2D eigenvalue weighted by Gasteiger charge is 2.33. The Morgan fingerprint density at radius 2 is 1.62 bits per heavy atom. The number of para-hydroxylation sites is 1. The third kappa shape index (κ3) is 6.42. The molecule has 2 aliphatic rings. The van der Waals surface area contributed by atoms with Gasteiger partial charge in [0.25, 0.3) is 0 Å². The number of halogens is 1. The van der Waals surface area contributed by atoms with Gasteiger partial charge in [-0.05, 0) is 43.3 Å². The van der Waals surface area contributed by atoms with Crippen LogP contribution in [-0.2, 0) is 14.6 Å². The van der Waals surface area contributed by atoms with Crippen LogP contribution in [-0.4, -0.2) is 71.2 Å². The maximum Gasteiger partial charge on any atom is 0.390 e. The second-order valence-electron chi connectivity index (χ2n) is 10.9. The molecule has 1 atom stereocenters. The average Bonchev–Trinajstić information content (AvgIpc) is 3.06. The molecule has 0 radical (unpaired) electrons. The molecule has 1 aromatic heterocycles. The number of carboxylic acid groups (broad SMARTS) is 1. The summed E-state index contributed by atoms with van der Waals surface area (Å²) in [4.78, 5) is 75.2. The minimum atomic E-state index is -1.34. The Hall–Kier alpha value is -5.21. The van der Waals surface area contributed by atoms with Gasteiger partial charge in [0.05, 0.1) is 33.6 Å². The number of aromatic carboxylic acids is 1. The fraction of sp³-hybridized carbons (Fsp3) is 0.242. The van der Waals surface area contributed by atoms with Crippen molar-refractivity contribution in [3.8, 4) is 5.75 Å². The zero-order valence-corrected chi connectivity index (χ0v) is 25.8. The van der Waals surface area contributed by atoms with Gasteiger partial charge in [-0.1, -0.05) is 42.1 Å². The van der Waals surface area contributed by atoms with Crippen molar-refractivity contribution in [2.75, 3.05) is 37.6 Å². The molecule has 3 aromatic carbocycles. The molecule has 0 spiro atoms. The molecule has 14 heteroatoms. The molecule has 4 aromatic rings. The molecule has 2 aliphatic heterocycles. The van der Waals surface area contributed by atoms with E-state index < -0.39 is 35.1 Å².